The predicted octanol–water partition coefficient (Wildman–Crippen LogP) is 7.45. The first-order chi connectivity index (χ1) is 14.6. The lowest BCUT2D eigenvalue weighted by atomic mass is 10.2. The number of allylic oxidation sites excluding steroid dienone is 1. The van der Waals surface area contributed by atoms with Gasteiger partial charge >= 0.3 is 0 Å². The largest absolute Gasteiger partial charge is 0.457 e. The van der Waals surface area contributed by atoms with Crippen LogP contribution in [0, 0.1) is 11.3 Å². The molecule has 0 aliphatic carbocycles. The Morgan fingerprint density at radius 1 is 1.03 bits per heavy atom. The Labute approximate surface area is 180 Å². The number of furan rings is 1. The molecule has 0 aliphatic rings. The van der Waals surface area contributed by atoms with Crippen LogP contribution in [0.1, 0.15) is 10.8 Å². The first kappa shape index (κ1) is 20.1. The second-order valence-corrected chi connectivity index (χ2v) is 8.10. The van der Waals surface area contributed by atoms with Crippen molar-refractivity contribution in [3.05, 3.63) is 82.9 Å². The topological polar surface area (TPSA) is 49.8 Å². The number of thiazole rings is 1. The standard InChI is InChI=1S/C23H14F2N2OS2/c24-23(25)30-19-9-6-16(7-10-19)21-11-8-18(28-21)12-17(13-26)22-27-20(14-29-22)15-4-2-1-3-5-15/h1-12,14,23H/b17-12-. The summed E-state index contributed by atoms with van der Waals surface area (Å²) in [6.45, 7) is 0. The normalized spacial score (nSPS) is 11.6. The SMILES string of the molecule is N#C/C(=C/c1ccc(-c2ccc(SC(F)F)cc2)o1)c1nc(-c2ccccc2)cs1. The van der Waals surface area contributed by atoms with Gasteiger partial charge in [0.15, 0.2) is 0 Å². The molecule has 0 saturated carbocycles. The maximum atomic E-state index is 12.4. The van der Waals surface area contributed by atoms with Crippen LogP contribution in [0.5, 0.6) is 0 Å². The average molecular weight is 437 g/mol. The monoisotopic (exact) mass is 436 g/mol. The molecule has 4 aromatic rings. The minimum atomic E-state index is -2.45. The summed E-state index contributed by atoms with van der Waals surface area (Å²) in [5.74, 6) is -1.34. The maximum Gasteiger partial charge on any atom is 0.288 e. The zero-order chi connectivity index (χ0) is 20.9. The molecule has 0 saturated heterocycles. The summed E-state index contributed by atoms with van der Waals surface area (Å²) in [6.07, 6.45) is 1.65. The molecule has 30 heavy (non-hydrogen) atoms. The van der Waals surface area contributed by atoms with E-state index in [0.717, 1.165) is 16.8 Å². The lowest BCUT2D eigenvalue weighted by molar-refractivity contribution is 0.252. The van der Waals surface area contributed by atoms with Crippen molar-refractivity contribution in [3.63, 3.8) is 0 Å². The van der Waals surface area contributed by atoms with Gasteiger partial charge in [-0.25, -0.2) is 4.98 Å². The van der Waals surface area contributed by atoms with Gasteiger partial charge in [0, 0.05) is 27.5 Å². The van der Waals surface area contributed by atoms with E-state index in [9.17, 15) is 14.0 Å². The summed E-state index contributed by atoms with van der Waals surface area (Å²) in [5, 5.41) is 12.1. The minimum absolute atomic E-state index is 0.409. The van der Waals surface area contributed by atoms with E-state index in [1.165, 1.54) is 11.3 Å². The Morgan fingerprint density at radius 2 is 1.80 bits per heavy atom. The van der Waals surface area contributed by atoms with Crippen molar-refractivity contribution in [1.29, 1.82) is 5.26 Å². The molecule has 0 spiro atoms. The van der Waals surface area contributed by atoms with E-state index in [1.54, 1.807) is 42.5 Å². The first-order valence-corrected chi connectivity index (χ1v) is 10.7. The zero-order valence-electron chi connectivity index (χ0n) is 15.5. The van der Waals surface area contributed by atoms with Crippen LogP contribution < -0.4 is 0 Å². The molecule has 0 fully saturated rings. The smallest absolute Gasteiger partial charge is 0.288 e. The van der Waals surface area contributed by atoms with Crippen molar-refractivity contribution in [2.24, 2.45) is 0 Å². The van der Waals surface area contributed by atoms with Gasteiger partial charge in [0.25, 0.3) is 5.76 Å². The van der Waals surface area contributed by atoms with Gasteiger partial charge in [-0.15, -0.1) is 11.3 Å². The van der Waals surface area contributed by atoms with Gasteiger partial charge in [0.05, 0.1) is 11.3 Å². The number of alkyl halides is 2. The molecule has 2 aromatic carbocycles. The highest BCUT2D eigenvalue weighted by molar-refractivity contribution is 7.99. The number of benzene rings is 2. The van der Waals surface area contributed by atoms with E-state index >= 15 is 0 Å². The molecule has 2 aromatic heterocycles. The van der Waals surface area contributed by atoms with Crippen LogP contribution in [0.4, 0.5) is 8.78 Å². The lowest BCUT2D eigenvalue weighted by Crippen LogP contribution is -1.82. The molecule has 0 radical (unpaired) electrons. The summed E-state index contributed by atoms with van der Waals surface area (Å²) >= 11 is 1.90. The molecule has 0 unspecified atom stereocenters. The molecule has 148 valence electrons. The highest BCUT2D eigenvalue weighted by Gasteiger charge is 2.11. The Morgan fingerprint density at radius 3 is 2.50 bits per heavy atom. The third-order valence-electron chi connectivity index (χ3n) is 4.20. The number of thioether (sulfide) groups is 1. The number of nitrogens with zero attached hydrogens (tertiary/aromatic N) is 2. The van der Waals surface area contributed by atoms with Crippen molar-refractivity contribution in [2.75, 3.05) is 0 Å². The Hall–Kier alpha value is -3.21. The summed E-state index contributed by atoms with van der Waals surface area (Å²) < 4.78 is 30.7. The second-order valence-electron chi connectivity index (χ2n) is 6.18. The van der Waals surface area contributed by atoms with E-state index in [-0.39, 0.29) is 0 Å². The number of aromatic nitrogens is 1. The fourth-order valence-corrected chi connectivity index (χ4v) is 4.10. The molecule has 0 N–H and O–H groups in total. The van der Waals surface area contributed by atoms with Gasteiger partial charge in [-0.3, -0.25) is 0 Å². The maximum absolute atomic E-state index is 12.4. The fourth-order valence-electron chi connectivity index (χ4n) is 2.81. The molecule has 4 rings (SSSR count). The molecular weight excluding hydrogens is 422 g/mol. The summed E-state index contributed by atoms with van der Waals surface area (Å²) in [7, 11) is 0. The highest BCUT2D eigenvalue weighted by atomic mass is 32.2. The van der Waals surface area contributed by atoms with Crippen LogP contribution in [0.15, 0.2) is 81.4 Å². The van der Waals surface area contributed by atoms with Crippen LogP contribution in [0.2, 0.25) is 0 Å². The number of hydrogen-bond acceptors (Lipinski definition) is 5. The number of rotatable bonds is 6. The summed E-state index contributed by atoms with van der Waals surface area (Å²) in [5.41, 5.74) is 2.99. The molecule has 0 aliphatic heterocycles. The van der Waals surface area contributed by atoms with E-state index in [4.69, 9.17) is 4.42 Å². The number of nitriles is 1. The summed E-state index contributed by atoms with van der Waals surface area (Å²) in [4.78, 5) is 5.06. The minimum Gasteiger partial charge on any atom is -0.457 e. The van der Waals surface area contributed by atoms with E-state index < -0.39 is 5.76 Å². The summed E-state index contributed by atoms with van der Waals surface area (Å²) in [6, 6.07) is 22.2. The third kappa shape index (κ3) is 4.67. The molecule has 7 heteroatoms. The molecule has 0 bridgehead atoms. The predicted molar refractivity (Wildman–Crippen MR) is 117 cm³/mol. The van der Waals surface area contributed by atoms with E-state index in [0.29, 0.717) is 38.8 Å². The van der Waals surface area contributed by atoms with Crippen LogP contribution >= 0.6 is 23.1 Å². The van der Waals surface area contributed by atoms with Gasteiger partial charge in [-0.05, 0) is 24.3 Å². The first-order valence-electron chi connectivity index (χ1n) is 8.90. The van der Waals surface area contributed by atoms with Crippen LogP contribution in [-0.2, 0) is 0 Å². The van der Waals surface area contributed by atoms with Gasteiger partial charge < -0.3 is 4.42 Å². The number of hydrogen-bond donors (Lipinski definition) is 0. The lowest BCUT2D eigenvalue weighted by Gasteiger charge is -2.01. The fraction of sp³-hybridized carbons (Fsp3) is 0.0435. The van der Waals surface area contributed by atoms with Crippen LogP contribution in [0.3, 0.4) is 0 Å². The second kappa shape index (κ2) is 9.08. The van der Waals surface area contributed by atoms with Crippen molar-refractivity contribution in [1.82, 2.24) is 4.98 Å². The number of halogens is 2. The van der Waals surface area contributed by atoms with Crippen molar-refractivity contribution < 1.29 is 13.2 Å². The molecule has 3 nitrogen and oxygen atoms in total. The third-order valence-corrected chi connectivity index (χ3v) is 5.80. The average Bonchev–Trinajstić information content (AvgIpc) is 3.43. The molecule has 2 heterocycles. The molecule has 0 atom stereocenters. The Bertz CT molecular complexity index is 1210. The van der Waals surface area contributed by atoms with Crippen molar-refractivity contribution in [2.45, 2.75) is 10.7 Å². The van der Waals surface area contributed by atoms with Crippen molar-refractivity contribution in [3.8, 4) is 28.7 Å². The highest BCUT2D eigenvalue weighted by Crippen LogP contribution is 2.31. The van der Waals surface area contributed by atoms with Gasteiger partial charge in [-0.1, -0.05) is 54.2 Å². The van der Waals surface area contributed by atoms with Gasteiger partial charge in [-0.2, -0.15) is 14.0 Å². The molecular formula is C23H14F2N2OS2. The zero-order valence-corrected chi connectivity index (χ0v) is 17.1. The molecule has 0 amide bonds. The quantitative estimate of drug-likeness (QED) is 0.233. The van der Waals surface area contributed by atoms with E-state index in [2.05, 4.69) is 11.1 Å². The van der Waals surface area contributed by atoms with E-state index in [1.807, 2.05) is 35.7 Å². The van der Waals surface area contributed by atoms with Crippen molar-refractivity contribution >= 4 is 34.7 Å². The van der Waals surface area contributed by atoms with Crippen LogP contribution in [-0.4, -0.2) is 10.7 Å². The van der Waals surface area contributed by atoms with Gasteiger partial charge in [0.2, 0.25) is 0 Å². The Balaban J connectivity index is 1.55. The Kier molecular flexibility index (Phi) is 6.07. The van der Waals surface area contributed by atoms with Crippen LogP contribution in [0.25, 0.3) is 34.2 Å². The van der Waals surface area contributed by atoms with Gasteiger partial charge in [0.1, 0.15) is 22.6 Å².